The molecule has 1 aliphatic rings. The van der Waals surface area contributed by atoms with Gasteiger partial charge in [-0.3, -0.25) is 9.69 Å². The highest BCUT2D eigenvalue weighted by Gasteiger charge is 2.37. The fourth-order valence-corrected chi connectivity index (χ4v) is 3.74. The maximum Gasteiger partial charge on any atom is 0.237 e. The Kier molecular flexibility index (Phi) is 7.06. The lowest BCUT2D eigenvalue weighted by Gasteiger charge is -2.27. The van der Waals surface area contributed by atoms with Gasteiger partial charge in [0.2, 0.25) is 5.91 Å². The Bertz CT molecular complexity index is 763. The first-order chi connectivity index (χ1) is 13.6. The summed E-state index contributed by atoms with van der Waals surface area (Å²) < 4.78 is 5.93. The first kappa shape index (κ1) is 20.4. The van der Waals surface area contributed by atoms with E-state index in [1.54, 1.807) is 0 Å². The fraction of sp³-hybridized carbons (Fsp3) is 0.435. The molecule has 1 fully saturated rings. The summed E-state index contributed by atoms with van der Waals surface area (Å²) in [7, 11) is 0. The number of likely N-dealkylation sites (tertiary alicyclic amines) is 1. The summed E-state index contributed by atoms with van der Waals surface area (Å²) in [6.45, 7) is 8.59. The van der Waals surface area contributed by atoms with Crippen molar-refractivity contribution in [3.8, 4) is 11.5 Å². The summed E-state index contributed by atoms with van der Waals surface area (Å²) in [6.07, 6.45) is 0.838. The first-order valence-electron chi connectivity index (χ1n) is 10.2. The minimum absolute atomic E-state index is 0.0507. The van der Waals surface area contributed by atoms with E-state index in [2.05, 4.69) is 41.5 Å². The Labute approximate surface area is 168 Å². The van der Waals surface area contributed by atoms with Gasteiger partial charge in [-0.05, 0) is 57.0 Å². The zero-order chi connectivity index (χ0) is 19.9. The van der Waals surface area contributed by atoms with Gasteiger partial charge in [-0.15, -0.1) is 0 Å². The van der Waals surface area contributed by atoms with Crippen molar-refractivity contribution in [1.29, 1.82) is 0 Å². The second kappa shape index (κ2) is 9.71. The minimum Gasteiger partial charge on any atom is -0.457 e. The summed E-state index contributed by atoms with van der Waals surface area (Å²) in [5.41, 5.74) is 1.17. The molecule has 0 aliphatic carbocycles. The van der Waals surface area contributed by atoms with Crippen LogP contribution in [0.4, 0.5) is 0 Å². The predicted octanol–water partition coefficient (Wildman–Crippen LogP) is 3.56. The monoisotopic (exact) mass is 381 g/mol. The molecule has 2 aromatic carbocycles. The van der Waals surface area contributed by atoms with E-state index in [9.17, 15) is 4.79 Å². The minimum atomic E-state index is -0.0507. The normalized spacial score (nSPS) is 19.7. The molecule has 2 unspecified atom stereocenters. The van der Waals surface area contributed by atoms with Gasteiger partial charge in [0.25, 0.3) is 0 Å². The quantitative estimate of drug-likeness (QED) is 0.734. The van der Waals surface area contributed by atoms with Gasteiger partial charge < -0.3 is 15.4 Å². The van der Waals surface area contributed by atoms with Crippen LogP contribution >= 0.6 is 0 Å². The van der Waals surface area contributed by atoms with Crippen LogP contribution in [0, 0.1) is 0 Å². The molecule has 2 aromatic rings. The van der Waals surface area contributed by atoms with Crippen molar-refractivity contribution in [2.45, 2.75) is 51.9 Å². The lowest BCUT2D eigenvalue weighted by atomic mass is 10.1. The molecule has 2 atom stereocenters. The summed E-state index contributed by atoms with van der Waals surface area (Å²) in [6, 6.07) is 18.6. The maximum atomic E-state index is 12.4. The molecule has 1 heterocycles. The number of ether oxygens (including phenoxy) is 1. The number of nitrogens with zero attached hydrogens (tertiary/aromatic N) is 1. The van der Waals surface area contributed by atoms with Crippen molar-refractivity contribution in [2.24, 2.45) is 0 Å². The van der Waals surface area contributed by atoms with E-state index in [1.807, 2.05) is 49.4 Å². The smallest absolute Gasteiger partial charge is 0.237 e. The lowest BCUT2D eigenvalue weighted by molar-refractivity contribution is -0.125. The highest BCUT2D eigenvalue weighted by molar-refractivity contribution is 5.82. The topological polar surface area (TPSA) is 53.6 Å². The van der Waals surface area contributed by atoms with Gasteiger partial charge in [0, 0.05) is 31.7 Å². The number of carbonyl (C=O) groups excluding carboxylic acids is 1. The zero-order valence-electron chi connectivity index (χ0n) is 17.0. The van der Waals surface area contributed by atoms with Crippen LogP contribution in [-0.4, -0.2) is 42.0 Å². The lowest BCUT2D eigenvalue weighted by Crippen LogP contribution is -2.46. The van der Waals surface area contributed by atoms with Crippen LogP contribution in [0.2, 0.25) is 0 Å². The Morgan fingerprint density at radius 3 is 2.61 bits per heavy atom. The van der Waals surface area contributed by atoms with Crippen LogP contribution in [0.1, 0.15) is 32.8 Å². The van der Waals surface area contributed by atoms with Gasteiger partial charge in [-0.1, -0.05) is 30.3 Å². The van der Waals surface area contributed by atoms with Crippen molar-refractivity contribution in [2.75, 3.05) is 13.1 Å². The number of nitrogens with one attached hydrogen (secondary N) is 2. The number of para-hydroxylation sites is 1. The van der Waals surface area contributed by atoms with E-state index >= 15 is 0 Å². The molecule has 5 nitrogen and oxygen atoms in total. The number of rotatable bonds is 8. The average molecular weight is 382 g/mol. The average Bonchev–Trinajstić information content (AvgIpc) is 3.13. The van der Waals surface area contributed by atoms with Crippen LogP contribution in [0.5, 0.6) is 11.5 Å². The van der Waals surface area contributed by atoms with Crippen molar-refractivity contribution in [3.05, 3.63) is 60.2 Å². The van der Waals surface area contributed by atoms with E-state index in [-0.39, 0.29) is 11.9 Å². The molecule has 0 bridgehead atoms. The van der Waals surface area contributed by atoms with Crippen molar-refractivity contribution in [1.82, 2.24) is 15.5 Å². The van der Waals surface area contributed by atoms with E-state index < -0.39 is 0 Å². The molecule has 0 saturated carbocycles. The molecule has 0 aromatic heterocycles. The predicted molar refractivity (Wildman–Crippen MR) is 113 cm³/mol. The Morgan fingerprint density at radius 1 is 1.14 bits per heavy atom. The third-order valence-electron chi connectivity index (χ3n) is 5.13. The second-order valence-corrected chi connectivity index (χ2v) is 7.58. The largest absolute Gasteiger partial charge is 0.457 e. The molecule has 2 N–H and O–H groups in total. The Balaban J connectivity index is 1.58. The molecule has 1 amide bonds. The summed E-state index contributed by atoms with van der Waals surface area (Å²) >= 11 is 0. The van der Waals surface area contributed by atoms with E-state index in [4.69, 9.17) is 4.74 Å². The third-order valence-corrected chi connectivity index (χ3v) is 5.13. The third kappa shape index (κ3) is 5.33. The first-order valence-corrected chi connectivity index (χ1v) is 10.2. The summed E-state index contributed by atoms with van der Waals surface area (Å²) in [5, 5.41) is 6.60. The standard InChI is InChI=1S/C23H31N3O2/c1-4-24-23(27)22-14-19(16-26(22)17(2)3)25-15-18-9-8-12-21(13-18)28-20-10-6-5-7-11-20/h5-13,17,19,22,25H,4,14-16H2,1-3H3,(H,24,27). The van der Waals surface area contributed by atoms with E-state index in [0.29, 0.717) is 18.6 Å². The number of carbonyl (C=O) groups is 1. The molecule has 150 valence electrons. The fourth-order valence-electron chi connectivity index (χ4n) is 3.74. The number of likely N-dealkylation sites (N-methyl/N-ethyl adjacent to an activating group) is 1. The van der Waals surface area contributed by atoms with Gasteiger partial charge in [0.05, 0.1) is 6.04 Å². The number of amides is 1. The molecule has 0 radical (unpaired) electrons. The van der Waals surface area contributed by atoms with Gasteiger partial charge in [0.1, 0.15) is 11.5 Å². The van der Waals surface area contributed by atoms with Crippen LogP contribution in [0.25, 0.3) is 0 Å². The highest BCUT2D eigenvalue weighted by atomic mass is 16.5. The van der Waals surface area contributed by atoms with Crippen LogP contribution in [0.3, 0.4) is 0 Å². The van der Waals surface area contributed by atoms with Crippen LogP contribution in [0.15, 0.2) is 54.6 Å². The molecule has 1 aliphatic heterocycles. The zero-order valence-corrected chi connectivity index (χ0v) is 17.0. The highest BCUT2D eigenvalue weighted by Crippen LogP contribution is 2.23. The van der Waals surface area contributed by atoms with Crippen molar-refractivity contribution >= 4 is 5.91 Å². The summed E-state index contributed by atoms with van der Waals surface area (Å²) in [5.74, 6) is 1.81. The molecular formula is C23H31N3O2. The van der Waals surface area contributed by atoms with Crippen LogP contribution in [-0.2, 0) is 11.3 Å². The van der Waals surface area contributed by atoms with Crippen molar-refractivity contribution < 1.29 is 9.53 Å². The second-order valence-electron chi connectivity index (χ2n) is 7.58. The molecular weight excluding hydrogens is 350 g/mol. The number of hydrogen-bond donors (Lipinski definition) is 2. The van der Waals surface area contributed by atoms with Crippen LogP contribution < -0.4 is 15.4 Å². The SMILES string of the molecule is CCNC(=O)C1CC(NCc2cccc(Oc3ccccc3)c2)CN1C(C)C. The summed E-state index contributed by atoms with van der Waals surface area (Å²) in [4.78, 5) is 14.7. The van der Waals surface area contributed by atoms with Crippen molar-refractivity contribution in [3.63, 3.8) is 0 Å². The van der Waals surface area contributed by atoms with E-state index in [0.717, 1.165) is 31.0 Å². The molecule has 28 heavy (non-hydrogen) atoms. The van der Waals surface area contributed by atoms with Gasteiger partial charge in [-0.2, -0.15) is 0 Å². The Morgan fingerprint density at radius 2 is 1.89 bits per heavy atom. The van der Waals surface area contributed by atoms with Gasteiger partial charge in [-0.25, -0.2) is 0 Å². The molecule has 5 heteroatoms. The molecule has 3 rings (SSSR count). The number of benzene rings is 2. The Hall–Kier alpha value is -2.37. The van der Waals surface area contributed by atoms with Gasteiger partial charge in [0.15, 0.2) is 0 Å². The van der Waals surface area contributed by atoms with Gasteiger partial charge >= 0.3 is 0 Å². The number of hydrogen-bond acceptors (Lipinski definition) is 4. The molecule has 1 saturated heterocycles. The molecule has 0 spiro atoms. The maximum absolute atomic E-state index is 12.4. The van der Waals surface area contributed by atoms with E-state index in [1.165, 1.54) is 5.56 Å².